The number of amides is 1. The van der Waals surface area contributed by atoms with Gasteiger partial charge in [0.1, 0.15) is 11.6 Å². The Balaban J connectivity index is 1.67. The van der Waals surface area contributed by atoms with Crippen LogP contribution in [0.15, 0.2) is 48.5 Å². The molecule has 1 N–H and O–H groups in total. The van der Waals surface area contributed by atoms with Crippen LogP contribution >= 0.6 is 0 Å². The van der Waals surface area contributed by atoms with E-state index in [1.54, 1.807) is 36.4 Å². The number of carbonyl (C=O) groups excluding carboxylic acids is 1. The van der Waals surface area contributed by atoms with E-state index in [0.29, 0.717) is 30.0 Å². The predicted molar refractivity (Wildman–Crippen MR) is 104 cm³/mol. The topological polar surface area (TPSA) is 79.0 Å². The number of anilines is 1. The van der Waals surface area contributed by atoms with Crippen molar-refractivity contribution in [2.75, 3.05) is 32.1 Å². The summed E-state index contributed by atoms with van der Waals surface area (Å²) < 4.78 is 46.4. The smallest absolute Gasteiger partial charge is 0.282 e. The highest BCUT2D eigenvalue weighted by Crippen LogP contribution is 2.24. The lowest BCUT2D eigenvalue weighted by Gasteiger charge is -2.34. The summed E-state index contributed by atoms with van der Waals surface area (Å²) >= 11 is 0. The summed E-state index contributed by atoms with van der Waals surface area (Å²) in [6, 6.07) is 12.6. The van der Waals surface area contributed by atoms with Crippen molar-refractivity contribution in [2.45, 2.75) is 13.0 Å². The van der Waals surface area contributed by atoms with Crippen LogP contribution in [0.25, 0.3) is 0 Å². The van der Waals surface area contributed by atoms with Gasteiger partial charge in [-0.25, -0.2) is 4.39 Å². The fourth-order valence-corrected chi connectivity index (χ4v) is 4.67. The standard InChI is InChI=1S/C19H22FN3O4S/c1-27-18-6-3-2-5-17(18)21-19(24)14-23-12-4-11-22(28(23,25)26)13-15-7-9-16(20)10-8-15/h2-3,5-10H,4,11-14H2,1H3,(H,21,24). The van der Waals surface area contributed by atoms with E-state index in [1.807, 2.05) is 0 Å². The summed E-state index contributed by atoms with van der Waals surface area (Å²) in [6.07, 6.45) is 0.600. The third kappa shape index (κ3) is 4.67. The molecule has 0 unspecified atom stereocenters. The van der Waals surface area contributed by atoms with Gasteiger partial charge >= 0.3 is 0 Å². The number of para-hydroxylation sites is 2. The third-order valence-electron chi connectivity index (χ3n) is 4.44. The fraction of sp³-hybridized carbons (Fsp3) is 0.316. The number of halogens is 1. The second kappa shape index (κ2) is 8.68. The Hall–Kier alpha value is -2.49. The molecule has 1 heterocycles. The molecular formula is C19H22FN3O4S. The molecule has 0 saturated carbocycles. The van der Waals surface area contributed by atoms with Crippen LogP contribution in [0.5, 0.6) is 5.75 Å². The maximum Gasteiger partial charge on any atom is 0.282 e. The van der Waals surface area contributed by atoms with Gasteiger partial charge in [-0.15, -0.1) is 0 Å². The van der Waals surface area contributed by atoms with Crippen LogP contribution in [0.3, 0.4) is 0 Å². The molecule has 1 aliphatic rings. The summed E-state index contributed by atoms with van der Waals surface area (Å²) in [5, 5.41) is 2.69. The minimum absolute atomic E-state index is 0.132. The summed E-state index contributed by atoms with van der Waals surface area (Å²) in [7, 11) is -2.30. The maximum atomic E-state index is 13.1. The number of methoxy groups -OCH3 is 1. The van der Waals surface area contributed by atoms with E-state index in [4.69, 9.17) is 4.74 Å². The summed E-state index contributed by atoms with van der Waals surface area (Å²) in [4.78, 5) is 12.4. The molecule has 0 aromatic heterocycles. The first kappa shape index (κ1) is 20.2. The van der Waals surface area contributed by atoms with Gasteiger partial charge in [-0.1, -0.05) is 24.3 Å². The molecule has 150 valence electrons. The molecule has 0 radical (unpaired) electrons. The van der Waals surface area contributed by atoms with Gasteiger partial charge in [0.05, 0.1) is 19.3 Å². The molecule has 0 aliphatic carbocycles. The molecule has 0 atom stereocenters. The second-order valence-electron chi connectivity index (χ2n) is 6.40. The zero-order valence-corrected chi connectivity index (χ0v) is 16.3. The fourth-order valence-electron chi connectivity index (χ4n) is 3.03. The average Bonchev–Trinajstić information content (AvgIpc) is 2.67. The third-order valence-corrected chi connectivity index (χ3v) is 6.37. The van der Waals surface area contributed by atoms with Gasteiger partial charge in [0.2, 0.25) is 5.91 Å². The SMILES string of the molecule is COc1ccccc1NC(=O)CN1CCCN(Cc2ccc(F)cc2)S1(=O)=O. The highest BCUT2D eigenvalue weighted by Gasteiger charge is 2.34. The number of ether oxygens (including phenoxy) is 1. The Morgan fingerprint density at radius 2 is 1.79 bits per heavy atom. The van der Waals surface area contributed by atoms with Gasteiger partial charge in [-0.05, 0) is 36.2 Å². The van der Waals surface area contributed by atoms with Gasteiger partial charge < -0.3 is 10.1 Å². The summed E-state index contributed by atoms with van der Waals surface area (Å²) in [6.45, 7) is 0.458. The molecule has 1 aliphatic heterocycles. The van der Waals surface area contributed by atoms with Crippen molar-refractivity contribution in [3.05, 3.63) is 59.9 Å². The minimum Gasteiger partial charge on any atom is -0.495 e. The van der Waals surface area contributed by atoms with Crippen molar-refractivity contribution in [3.63, 3.8) is 0 Å². The van der Waals surface area contributed by atoms with Gasteiger partial charge in [-0.2, -0.15) is 17.0 Å². The zero-order valence-electron chi connectivity index (χ0n) is 15.5. The molecule has 1 saturated heterocycles. The zero-order chi connectivity index (χ0) is 20.1. The molecular weight excluding hydrogens is 385 g/mol. The summed E-state index contributed by atoms with van der Waals surface area (Å²) in [5.74, 6) is -0.327. The highest BCUT2D eigenvalue weighted by molar-refractivity contribution is 7.86. The van der Waals surface area contributed by atoms with E-state index in [-0.39, 0.29) is 25.5 Å². The van der Waals surface area contributed by atoms with Crippen LogP contribution in [0.2, 0.25) is 0 Å². The largest absolute Gasteiger partial charge is 0.495 e. The lowest BCUT2D eigenvalue weighted by molar-refractivity contribution is -0.116. The molecule has 0 spiro atoms. The molecule has 3 rings (SSSR count). The lowest BCUT2D eigenvalue weighted by atomic mass is 10.2. The Morgan fingerprint density at radius 1 is 1.11 bits per heavy atom. The molecule has 7 nitrogen and oxygen atoms in total. The van der Waals surface area contributed by atoms with Crippen molar-refractivity contribution in [1.29, 1.82) is 0 Å². The van der Waals surface area contributed by atoms with Gasteiger partial charge in [0, 0.05) is 19.6 Å². The van der Waals surface area contributed by atoms with Gasteiger partial charge in [0.15, 0.2) is 0 Å². The van der Waals surface area contributed by atoms with Crippen LogP contribution < -0.4 is 10.1 Å². The Bertz CT molecular complexity index is 934. The van der Waals surface area contributed by atoms with E-state index in [2.05, 4.69) is 5.32 Å². The van der Waals surface area contributed by atoms with Crippen LogP contribution in [-0.2, 0) is 21.5 Å². The van der Waals surface area contributed by atoms with Crippen molar-refractivity contribution in [3.8, 4) is 5.75 Å². The molecule has 28 heavy (non-hydrogen) atoms. The molecule has 1 amide bonds. The first-order chi connectivity index (χ1) is 13.4. The van der Waals surface area contributed by atoms with E-state index < -0.39 is 16.1 Å². The molecule has 1 fully saturated rings. The number of hydrogen-bond donors (Lipinski definition) is 1. The number of nitrogens with one attached hydrogen (secondary N) is 1. The van der Waals surface area contributed by atoms with E-state index in [9.17, 15) is 17.6 Å². The molecule has 2 aromatic rings. The van der Waals surface area contributed by atoms with Crippen molar-refractivity contribution < 1.29 is 22.3 Å². The maximum absolute atomic E-state index is 13.1. The van der Waals surface area contributed by atoms with Crippen LogP contribution in [0, 0.1) is 5.82 Å². The van der Waals surface area contributed by atoms with Crippen molar-refractivity contribution >= 4 is 21.8 Å². The lowest BCUT2D eigenvalue weighted by Crippen LogP contribution is -2.51. The summed E-state index contributed by atoms with van der Waals surface area (Å²) in [5.41, 5.74) is 1.16. The number of rotatable bonds is 6. The molecule has 2 aromatic carbocycles. The molecule has 9 heteroatoms. The second-order valence-corrected chi connectivity index (χ2v) is 8.33. The normalized spacial score (nSPS) is 17.2. The average molecular weight is 407 g/mol. The molecule has 0 bridgehead atoms. The van der Waals surface area contributed by atoms with Crippen LogP contribution in [-0.4, -0.2) is 49.7 Å². The Morgan fingerprint density at radius 3 is 2.50 bits per heavy atom. The first-order valence-corrected chi connectivity index (χ1v) is 10.2. The van der Waals surface area contributed by atoms with Crippen LogP contribution in [0.4, 0.5) is 10.1 Å². The Kier molecular flexibility index (Phi) is 6.28. The number of nitrogens with zero attached hydrogens (tertiary/aromatic N) is 2. The number of hydrogen-bond acceptors (Lipinski definition) is 4. The van der Waals surface area contributed by atoms with E-state index in [1.165, 1.54) is 23.5 Å². The van der Waals surface area contributed by atoms with Crippen molar-refractivity contribution in [2.24, 2.45) is 0 Å². The van der Waals surface area contributed by atoms with Gasteiger partial charge in [-0.3, -0.25) is 4.79 Å². The monoisotopic (exact) mass is 407 g/mol. The van der Waals surface area contributed by atoms with E-state index in [0.717, 1.165) is 4.31 Å². The first-order valence-electron chi connectivity index (χ1n) is 8.82. The van der Waals surface area contributed by atoms with Crippen LogP contribution in [0.1, 0.15) is 12.0 Å². The predicted octanol–water partition coefficient (Wildman–Crippen LogP) is 2.23. The highest BCUT2D eigenvalue weighted by atomic mass is 32.2. The number of carbonyl (C=O) groups is 1. The quantitative estimate of drug-likeness (QED) is 0.797. The number of benzene rings is 2. The minimum atomic E-state index is -3.79. The van der Waals surface area contributed by atoms with Gasteiger partial charge in [0.25, 0.3) is 10.2 Å². The van der Waals surface area contributed by atoms with Crippen molar-refractivity contribution in [1.82, 2.24) is 8.61 Å². The Labute approximate surface area is 163 Å². The van der Waals surface area contributed by atoms with E-state index >= 15 is 0 Å².